The third-order valence-electron chi connectivity index (χ3n) is 6.09. The average Bonchev–Trinajstić information content (AvgIpc) is 3.25. The molecular weight excluding hydrogens is 486 g/mol. The molecule has 1 aliphatic carbocycles. The van der Waals surface area contributed by atoms with E-state index in [0.717, 1.165) is 28.4 Å². The van der Waals surface area contributed by atoms with Gasteiger partial charge in [-0.1, -0.05) is 34.1 Å². The summed E-state index contributed by atoms with van der Waals surface area (Å²) >= 11 is 4.85. The van der Waals surface area contributed by atoms with E-state index < -0.39 is 6.04 Å². The van der Waals surface area contributed by atoms with Crippen LogP contribution < -0.4 is 10.9 Å². The van der Waals surface area contributed by atoms with Crippen molar-refractivity contribution in [3.8, 4) is 11.1 Å². The van der Waals surface area contributed by atoms with Crippen LogP contribution in [0, 0.1) is 0 Å². The molecule has 5 rings (SSSR count). The molecule has 2 heterocycles. The van der Waals surface area contributed by atoms with Crippen molar-refractivity contribution in [1.29, 1.82) is 0 Å². The largest absolute Gasteiger partial charge is 0.324 e. The Morgan fingerprint density at radius 1 is 1.12 bits per heavy atom. The molecule has 4 aromatic rings. The first-order valence-corrected chi connectivity index (χ1v) is 12.4. The van der Waals surface area contributed by atoms with Crippen LogP contribution in [0.4, 0.5) is 5.69 Å². The van der Waals surface area contributed by atoms with Crippen LogP contribution in [-0.4, -0.2) is 15.5 Å². The summed E-state index contributed by atoms with van der Waals surface area (Å²) in [6.45, 7) is 1.72. The molecule has 2 aromatic heterocycles. The van der Waals surface area contributed by atoms with Gasteiger partial charge in [0.2, 0.25) is 5.91 Å². The summed E-state index contributed by atoms with van der Waals surface area (Å²) in [4.78, 5) is 31.5. The van der Waals surface area contributed by atoms with Gasteiger partial charge in [0.1, 0.15) is 10.9 Å². The highest BCUT2D eigenvalue weighted by Crippen LogP contribution is 2.33. The van der Waals surface area contributed by atoms with Crippen molar-refractivity contribution < 1.29 is 4.79 Å². The first-order chi connectivity index (χ1) is 15.5. The quantitative estimate of drug-likeness (QED) is 0.370. The summed E-state index contributed by atoms with van der Waals surface area (Å²) in [6.07, 6.45) is 6.13. The van der Waals surface area contributed by atoms with Crippen molar-refractivity contribution >= 4 is 49.1 Å². The van der Waals surface area contributed by atoms with Gasteiger partial charge in [-0.2, -0.15) is 0 Å². The second kappa shape index (κ2) is 8.64. The monoisotopic (exact) mass is 507 g/mol. The second-order valence-electron chi connectivity index (χ2n) is 8.15. The van der Waals surface area contributed by atoms with Gasteiger partial charge in [0.15, 0.2) is 0 Å². The van der Waals surface area contributed by atoms with Crippen LogP contribution in [0.1, 0.15) is 36.9 Å². The van der Waals surface area contributed by atoms with Crippen molar-refractivity contribution in [2.75, 3.05) is 5.32 Å². The lowest BCUT2D eigenvalue weighted by Crippen LogP contribution is -2.31. The number of nitrogens with one attached hydrogen (secondary N) is 1. The minimum absolute atomic E-state index is 0.192. The Kier molecular flexibility index (Phi) is 5.69. The summed E-state index contributed by atoms with van der Waals surface area (Å²) in [5.74, 6) is -0.263. The number of halogens is 1. The molecule has 0 saturated carbocycles. The van der Waals surface area contributed by atoms with Crippen LogP contribution in [0.25, 0.3) is 21.3 Å². The Hall–Kier alpha value is -2.77. The summed E-state index contributed by atoms with van der Waals surface area (Å²) in [7, 11) is 0. The number of fused-ring (bicyclic) bond motifs is 2. The SMILES string of the molecule is CC(C(=O)Nc1ccc(Br)cc1)n1cnc2scc(-c3ccc4c(c3)CCCC4)c2c1=O. The molecule has 1 unspecified atom stereocenters. The van der Waals surface area contributed by atoms with E-state index in [1.807, 2.05) is 29.6 Å². The lowest BCUT2D eigenvalue weighted by atomic mass is 9.89. The summed E-state index contributed by atoms with van der Waals surface area (Å²) in [5.41, 5.74) is 5.21. The zero-order valence-corrected chi connectivity index (χ0v) is 20.0. The van der Waals surface area contributed by atoms with Crippen LogP contribution in [0.5, 0.6) is 0 Å². The van der Waals surface area contributed by atoms with Crippen LogP contribution >= 0.6 is 27.3 Å². The highest BCUT2D eigenvalue weighted by molar-refractivity contribution is 9.10. The Bertz CT molecular complexity index is 1370. The zero-order valence-electron chi connectivity index (χ0n) is 17.6. The van der Waals surface area contributed by atoms with Gasteiger partial charge in [0.25, 0.3) is 5.56 Å². The molecule has 0 fully saturated rings. The predicted molar refractivity (Wildman–Crippen MR) is 133 cm³/mol. The van der Waals surface area contributed by atoms with Gasteiger partial charge >= 0.3 is 0 Å². The fourth-order valence-electron chi connectivity index (χ4n) is 4.24. The predicted octanol–water partition coefficient (Wildman–Crippen LogP) is 5.97. The van der Waals surface area contributed by atoms with E-state index in [1.165, 1.54) is 46.2 Å². The third kappa shape index (κ3) is 3.91. The molecule has 0 aliphatic heterocycles. The normalized spacial score (nSPS) is 14.2. The molecule has 7 heteroatoms. The number of aromatic nitrogens is 2. The molecule has 0 saturated heterocycles. The molecular formula is C25H22BrN3O2S. The number of rotatable bonds is 4. The highest BCUT2D eigenvalue weighted by Gasteiger charge is 2.21. The lowest BCUT2D eigenvalue weighted by molar-refractivity contribution is -0.118. The van der Waals surface area contributed by atoms with Crippen molar-refractivity contribution in [1.82, 2.24) is 9.55 Å². The maximum absolute atomic E-state index is 13.5. The Balaban J connectivity index is 1.50. The maximum atomic E-state index is 13.5. The van der Waals surface area contributed by atoms with Gasteiger partial charge in [-0.05, 0) is 73.6 Å². The highest BCUT2D eigenvalue weighted by atomic mass is 79.9. The summed E-state index contributed by atoms with van der Waals surface area (Å²) < 4.78 is 2.35. The van der Waals surface area contributed by atoms with Crippen LogP contribution in [-0.2, 0) is 17.6 Å². The number of carbonyl (C=O) groups excluding carboxylic acids is 1. The maximum Gasteiger partial charge on any atom is 0.263 e. The molecule has 162 valence electrons. The molecule has 0 spiro atoms. The Labute approximate surface area is 198 Å². The van der Waals surface area contributed by atoms with Crippen molar-refractivity contribution in [2.45, 2.75) is 38.6 Å². The minimum atomic E-state index is -0.695. The number of nitrogens with zero attached hydrogens (tertiary/aromatic N) is 2. The van der Waals surface area contributed by atoms with E-state index >= 15 is 0 Å². The number of amides is 1. The smallest absolute Gasteiger partial charge is 0.263 e. The van der Waals surface area contributed by atoms with Gasteiger partial charge in [-0.15, -0.1) is 11.3 Å². The zero-order chi connectivity index (χ0) is 22.2. The molecule has 1 atom stereocenters. The molecule has 32 heavy (non-hydrogen) atoms. The van der Waals surface area contributed by atoms with Gasteiger partial charge in [0, 0.05) is 21.1 Å². The molecule has 5 nitrogen and oxygen atoms in total. The van der Waals surface area contributed by atoms with E-state index in [0.29, 0.717) is 15.9 Å². The standard InChI is InChI=1S/C25H22BrN3O2S/c1-15(23(30)28-20-10-8-19(26)9-11-20)29-14-27-24-22(25(29)31)21(13-32-24)18-7-6-16-4-2-3-5-17(16)12-18/h6-15H,2-5H2,1H3,(H,28,30). The molecule has 1 aliphatic rings. The summed E-state index contributed by atoms with van der Waals surface area (Å²) in [6, 6.07) is 13.2. The lowest BCUT2D eigenvalue weighted by Gasteiger charge is -2.17. The van der Waals surface area contributed by atoms with Gasteiger partial charge in [0.05, 0.1) is 11.7 Å². The summed E-state index contributed by atoms with van der Waals surface area (Å²) in [5, 5.41) is 5.45. The molecule has 0 bridgehead atoms. The first kappa shape index (κ1) is 21.1. The number of carbonyl (C=O) groups is 1. The van der Waals surface area contributed by atoms with E-state index in [4.69, 9.17) is 0 Å². The van der Waals surface area contributed by atoms with E-state index in [1.54, 1.807) is 6.92 Å². The molecule has 0 radical (unpaired) electrons. The Morgan fingerprint density at radius 3 is 2.66 bits per heavy atom. The minimum Gasteiger partial charge on any atom is -0.324 e. The Morgan fingerprint density at radius 2 is 1.88 bits per heavy atom. The second-order valence-corrected chi connectivity index (χ2v) is 9.92. The topological polar surface area (TPSA) is 64.0 Å². The fraction of sp³-hybridized carbons (Fsp3) is 0.240. The fourth-order valence-corrected chi connectivity index (χ4v) is 5.41. The number of hydrogen-bond donors (Lipinski definition) is 1. The first-order valence-electron chi connectivity index (χ1n) is 10.7. The number of aryl methyl sites for hydroxylation is 2. The van der Waals surface area contributed by atoms with Crippen LogP contribution in [0.2, 0.25) is 0 Å². The van der Waals surface area contributed by atoms with E-state index in [2.05, 4.69) is 44.4 Å². The number of anilines is 1. The third-order valence-corrected chi connectivity index (χ3v) is 7.50. The van der Waals surface area contributed by atoms with Crippen molar-refractivity contribution in [3.05, 3.63) is 80.1 Å². The average molecular weight is 508 g/mol. The number of hydrogen-bond acceptors (Lipinski definition) is 4. The van der Waals surface area contributed by atoms with Crippen molar-refractivity contribution in [2.24, 2.45) is 0 Å². The number of benzene rings is 2. The molecule has 1 amide bonds. The van der Waals surface area contributed by atoms with Gasteiger partial charge < -0.3 is 5.32 Å². The molecule has 2 aromatic carbocycles. The van der Waals surface area contributed by atoms with Crippen molar-refractivity contribution in [3.63, 3.8) is 0 Å². The van der Waals surface area contributed by atoms with Crippen LogP contribution in [0.15, 0.2) is 63.4 Å². The number of thiophene rings is 1. The molecule has 1 N–H and O–H groups in total. The van der Waals surface area contributed by atoms with Gasteiger partial charge in [-0.3, -0.25) is 14.2 Å². The van der Waals surface area contributed by atoms with E-state index in [-0.39, 0.29) is 11.5 Å². The van der Waals surface area contributed by atoms with Crippen LogP contribution in [0.3, 0.4) is 0 Å². The van der Waals surface area contributed by atoms with Gasteiger partial charge in [-0.25, -0.2) is 4.98 Å². The van der Waals surface area contributed by atoms with E-state index in [9.17, 15) is 9.59 Å².